The van der Waals surface area contributed by atoms with Crippen LogP contribution in [0.25, 0.3) is 0 Å². The van der Waals surface area contributed by atoms with Crippen molar-refractivity contribution >= 4 is 23.1 Å². The molecular formula is C25H21N5O2. The first-order valence-corrected chi connectivity index (χ1v) is 10.3. The molecule has 0 fully saturated rings. The van der Waals surface area contributed by atoms with Crippen molar-refractivity contribution in [1.82, 2.24) is 15.0 Å². The van der Waals surface area contributed by atoms with Crippen molar-refractivity contribution in [3.63, 3.8) is 0 Å². The first kappa shape index (κ1) is 19.7. The summed E-state index contributed by atoms with van der Waals surface area (Å²) >= 11 is 0. The Morgan fingerprint density at radius 1 is 0.844 bits per heavy atom. The Bertz CT molecular complexity index is 1300. The lowest BCUT2D eigenvalue weighted by molar-refractivity contribution is 0.0996. The van der Waals surface area contributed by atoms with E-state index in [1.807, 2.05) is 56.3 Å². The summed E-state index contributed by atoms with van der Waals surface area (Å²) in [5.41, 5.74) is 5.35. The van der Waals surface area contributed by atoms with Crippen molar-refractivity contribution in [1.29, 1.82) is 0 Å². The van der Waals surface area contributed by atoms with Crippen molar-refractivity contribution in [2.24, 2.45) is 0 Å². The maximum atomic E-state index is 12.9. The standard InChI is InChI=1S/C25H21N5O2/c1-16-11-20(7-9-26-16)29-19-3-5-23-18(13-19)15-30(25(23)31)24-6-4-22(14-28-24)32-21-8-10-27-17(2)12-21/h3-14H,15H2,1-2H3,(H,26,29). The first-order chi connectivity index (χ1) is 15.5. The topological polar surface area (TPSA) is 80.2 Å². The number of nitrogens with zero attached hydrogens (tertiary/aromatic N) is 4. The van der Waals surface area contributed by atoms with Crippen molar-refractivity contribution in [2.45, 2.75) is 20.4 Å². The van der Waals surface area contributed by atoms with E-state index in [1.54, 1.807) is 35.6 Å². The van der Waals surface area contributed by atoms with Crippen molar-refractivity contribution in [2.75, 3.05) is 10.2 Å². The number of nitrogens with one attached hydrogen (secondary N) is 1. The summed E-state index contributed by atoms with van der Waals surface area (Å²) in [6.07, 6.45) is 5.09. The Morgan fingerprint density at radius 2 is 1.62 bits per heavy atom. The fraction of sp³-hybridized carbons (Fsp3) is 0.120. The molecule has 1 amide bonds. The third-order valence-corrected chi connectivity index (χ3v) is 5.20. The van der Waals surface area contributed by atoms with Crippen molar-refractivity contribution in [3.8, 4) is 11.5 Å². The van der Waals surface area contributed by atoms with Gasteiger partial charge in [-0.1, -0.05) is 0 Å². The largest absolute Gasteiger partial charge is 0.456 e. The molecule has 1 aromatic carbocycles. The van der Waals surface area contributed by atoms with Crippen LogP contribution in [-0.4, -0.2) is 20.9 Å². The van der Waals surface area contributed by atoms with Gasteiger partial charge in [-0.2, -0.15) is 0 Å². The van der Waals surface area contributed by atoms with Crippen LogP contribution in [0.15, 0.2) is 73.2 Å². The molecule has 1 aliphatic heterocycles. The quantitative estimate of drug-likeness (QED) is 0.476. The number of pyridine rings is 3. The van der Waals surface area contributed by atoms with E-state index in [9.17, 15) is 4.79 Å². The molecule has 0 aliphatic carbocycles. The Hall–Kier alpha value is -4.26. The van der Waals surface area contributed by atoms with Gasteiger partial charge >= 0.3 is 0 Å². The average Bonchev–Trinajstić information content (AvgIpc) is 3.10. The fourth-order valence-corrected chi connectivity index (χ4v) is 3.69. The SMILES string of the molecule is Cc1cc(Nc2ccc3c(c2)CN(c2ccc(Oc4ccnc(C)c4)cn2)C3=O)ccn1. The van der Waals surface area contributed by atoms with Crippen molar-refractivity contribution < 1.29 is 9.53 Å². The van der Waals surface area contributed by atoms with Crippen LogP contribution < -0.4 is 15.0 Å². The highest BCUT2D eigenvalue weighted by molar-refractivity contribution is 6.09. The normalized spacial score (nSPS) is 12.6. The molecule has 0 unspecified atom stereocenters. The van der Waals surface area contributed by atoms with Gasteiger partial charge in [0.2, 0.25) is 0 Å². The van der Waals surface area contributed by atoms with Crippen LogP contribution in [0.4, 0.5) is 17.2 Å². The second kappa shape index (κ2) is 8.11. The van der Waals surface area contributed by atoms with Gasteiger partial charge in [0.05, 0.1) is 12.7 Å². The minimum absolute atomic E-state index is 0.0581. The lowest BCUT2D eigenvalue weighted by Gasteiger charge is -2.15. The third kappa shape index (κ3) is 4.00. The zero-order valence-electron chi connectivity index (χ0n) is 17.7. The Morgan fingerprint density at radius 3 is 2.38 bits per heavy atom. The number of aromatic nitrogens is 3. The molecule has 3 aromatic heterocycles. The molecule has 32 heavy (non-hydrogen) atoms. The molecule has 0 bridgehead atoms. The first-order valence-electron chi connectivity index (χ1n) is 10.3. The second-order valence-corrected chi connectivity index (χ2v) is 7.66. The number of aryl methyl sites for hydroxylation is 2. The molecule has 158 valence electrons. The summed E-state index contributed by atoms with van der Waals surface area (Å²) < 4.78 is 5.83. The smallest absolute Gasteiger partial charge is 0.260 e. The molecule has 0 saturated heterocycles. The molecule has 7 nitrogen and oxygen atoms in total. The van der Waals surface area contributed by atoms with E-state index < -0.39 is 0 Å². The van der Waals surface area contributed by atoms with Crippen LogP contribution in [0, 0.1) is 13.8 Å². The third-order valence-electron chi connectivity index (χ3n) is 5.20. The zero-order chi connectivity index (χ0) is 22.1. The van der Waals surface area contributed by atoms with Crippen LogP contribution in [0.3, 0.4) is 0 Å². The van der Waals surface area contributed by atoms with Gasteiger partial charge in [0, 0.05) is 46.8 Å². The van der Waals surface area contributed by atoms with Crippen LogP contribution in [0.1, 0.15) is 27.3 Å². The van der Waals surface area contributed by atoms with E-state index in [2.05, 4.69) is 20.3 Å². The van der Waals surface area contributed by atoms with Crippen LogP contribution in [-0.2, 0) is 6.54 Å². The molecule has 0 atom stereocenters. The zero-order valence-corrected chi connectivity index (χ0v) is 17.7. The minimum Gasteiger partial charge on any atom is -0.456 e. The molecule has 4 heterocycles. The molecule has 5 rings (SSSR count). The second-order valence-electron chi connectivity index (χ2n) is 7.66. The Labute approximate surface area is 185 Å². The van der Waals surface area contributed by atoms with E-state index in [-0.39, 0.29) is 5.91 Å². The number of carbonyl (C=O) groups excluding carboxylic acids is 1. The summed E-state index contributed by atoms with van der Waals surface area (Å²) in [4.78, 5) is 27.4. The molecule has 0 spiro atoms. The maximum Gasteiger partial charge on any atom is 0.260 e. The molecule has 0 saturated carbocycles. The highest BCUT2D eigenvalue weighted by Gasteiger charge is 2.29. The molecule has 1 aliphatic rings. The van der Waals surface area contributed by atoms with E-state index in [0.717, 1.165) is 28.3 Å². The van der Waals surface area contributed by atoms with Crippen LogP contribution >= 0.6 is 0 Å². The van der Waals surface area contributed by atoms with Gasteiger partial charge in [-0.05, 0) is 67.9 Å². The summed E-state index contributed by atoms with van der Waals surface area (Å²) in [5.74, 6) is 1.82. The molecule has 1 N–H and O–H groups in total. The van der Waals surface area contributed by atoms with E-state index in [0.29, 0.717) is 29.4 Å². The number of carbonyl (C=O) groups is 1. The summed E-state index contributed by atoms with van der Waals surface area (Å²) in [6.45, 7) is 4.32. The highest BCUT2D eigenvalue weighted by atomic mass is 16.5. The van der Waals surface area contributed by atoms with Gasteiger partial charge in [-0.3, -0.25) is 19.7 Å². The van der Waals surface area contributed by atoms with Gasteiger partial charge in [0.15, 0.2) is 0 Å². The van der Waals surface area contributed by atoms with Gasteiger partial charge < -0.3 is 10.1 Å². The lowest BCUT2D eigenvalue weighted by Crippen LogP contribution is -2.23. The predicted octanol–water partition coefficient (Wildman–Crippen LogP) is 5.18. The summed E-state index contributed by atoms with van der Waals surface area (Å²) in [6, 6.07) is 16.9. The minimum atomic E-state index is -0.0581. The van der Waals surface area contributed by atoms with E-state index >= 15 is 0 Å². The number of amides is 1. The summed E-state index contributed by atoms with van der Waals surface area (Å²) in [7, 11) is 0. The van der Waals surface area contributed by atoms with Crippen LogP contribution in [0.5, 0.6) is 11.5 Å². The number of rotatable bonds is 5. The molecule has 7 heteroatoms. The van der Waals surface area contributed by atoms with Gasteiger partial charge in [0.25, 0.3) is 5.91 Å². The molecular weight excluding hydrogens is 402 g/mol. The number of anilines is 3. The number of hydrogen-bond donors (Lipinski definition) is 1. The van der Waals surface area contributed by atoms with Gasteiger partial charge in [-0.15, -0.1) is 0 Å². The highest BCUT2D eigenvalue weighted by Crippen LogP contribution is 2.31. The predicted molar refractivity (Wildman–Crippen MR) is 122 cm³/mol. The number of ether oxygens (including phenoxy) is 1. The average molecular weight is 423 g/mol. The van der Waals surface area contributed by atoms with E-state index in [4.69, 9.17) is 4.74 Å². The number of benzene rings is 1. The monoisotopic (exact) mass is 423 g/mol. The summed E-state index contributed by atoms with van der Waals surface area (Å²) in [5, 5.41) is 3.37. The molecule has 0 radical (unpaired) electrons. The fourth-order valence-electron chi connectivity index (χ4n) is 3.69. The lowest BCUT2D eigenvalue weighted by atomic mass is 10.1. The van der Waals surface area contributed by atoms with Gasteiger partial charge in [0.1, 0.15) is 17.3 Å². The van der Waals surface area contributed by atoms with Gasteiger partial charge in [-0.25, -0.2) is 4.98 Å². The Kier molecular flexibility index (Phi) is 4.99. The number of hydrogen-bond acceptors (Lipinski definition) is 6. The van der Waals surface area contributed by atoms with Crippen LogP contribution in [0.2, 0.25) is 0 Å². The molecule has 4 aromatic rings. The Balaban J connectivity index is 1.31. The maximum absolute atomic E-state index is 12.9. The number of fused-ring (bicyclic) bond motifs is 1. The van der Waals surface area contributed by atoms with Crippen molar-refractivity contribution in [3.05, 3.63) is 95.7 Å². The van der Waals surface area contributed by atoms with E-state index in [1.165, 1.54) is 0 Å².